The second kappa shape index (κ2) is 5.59. The van der Waals surface area contributed by atoms with Gasteiger partial charge in [-0.15, -0.1) is 11.3 Å². The maximum Gasteiger partial charge on any atom is 0.267 e. The quantitative estimate of drug-likeness (QED) is 0.933. The molecule has 1 N–H and O–H groups in total. The molecule has 0 spiro atoms. The summed E-state index contributed by atoms with van der Waals surface area (Å²) in [6.45, 7) is 3.70. The number of halogens is 1. The fourth-order valence-electron chi connectivity index (χ4n) is 1.55. The molecule has 1 aromatic heterocycles. The first-order chi connectivity index (χ1) is 9.33. The Kier molecular flexibility index (Phi) is 4.22. The molecular formula is C12H13ClN2O3S2. The Morgan fingerprint density at radius 2 is 2.05 bits per heavy atom. The number of rotatable bonds is 4. The number of benzene rings is 1. The molecule has 0 aliphatic heterocycles. The van der Waals surface area contributed by atoms with Gasteiger partial charge in [-0.1, -0.05) is 11.6 Å². The van der Waals surface area contributed by atoms with Crippen molar-refractivity contribution in [2.45, 2.75) is 18.7 Å². The molecule has 8 heteroatoms. The second-order valence-electron chi connectivity index (χ2n) is 4.06. The summed E-state index contributed by atoms with van der Waals surface area (Å²) in [7, 11) is -2.39. The number of thiazole rings is 1. The van der Waals surface area contributed by atoms with E-state index < -0.39 is 10.0 Å². The highest BCUT2D eigenvalue weighted by Gasteiger charge is 2.21. The van der Waals surface area contributed by atoms with Crippen LogP contribution in [0.4, 0.5) is 5.13 Å². The van der Waals surface area contributed by atoms with Gasteiger partial charge < -0.3 is 4.74 Å². The minimum Gasteiger partial charge on any atom is -0.495 e. The Morgan fingerprint density at radius 1 is 1.35 bits per heavy atom. The van der Waals surface area contributed by atoms with E-state index in [2.05, 4.69) is 9.71 Å². The second-order valence-corrected chi connectivity index (χ2v) is 7.35. The Hall–Kier alpha value is -1.31. The molecule has 0 aliphatic rings. The summed E-state index contributed by atoms with van der Waals surface area (Å²) >= 11 is 7.13. The maximum absolute atomic E-state index is 12.4. The Morgan fingerprint density at radius 3 is 2.60 bits per heavy atom. The van der Waals surface area contributed by atoms with E-state index in [0.717, 1.165) is 10.6 Å². The van der Waals surface area contributed by atoms with Crippen molar-refractivity contribution < 1.29 is 13.2 Å². The van der Waals surface area contributed by atoms with Gasteiger partial charge in [0.25, 0.3) is 10.0 Å². The van der Waals surface area contributed by atoms with Crippen LogP contribution in [-0.4, -0.2) is 20.5 Å². The summed E-state index contributed by atoms with van der Waals surface area (Å²) in [5.41, 5.74) is 0.797. The molecule has 0 fully saturated rings. The molecule has 0 atom stereocenters. The molecule has 0 saturated heterocycles. The normalized spacial score (nSPS) is 11.4. The van der Waals surface area contributed by atoms with E-state index in [1.807, 2.05) is 13.8 Å². The molecule has 0 unspecified atom stereocenters. The Balaban J connectivity index is 2.42. The summed E-state index contributed by atoms with van der Waals surface area (Å²) < 4.78 is 32.2. The molecule has 108 valence electrons. The highest BCUT2D eigenvalue weighted by Crippen LogP contribution is 2.30. The van der Waals surface area contributed by atoms with Gasteiger partial charge in [0, 0.05) is 9.90 Å². The zero-order valence-corrected chi connectivity index (χ0v) is 13.5. The number of hydrogen-bond acceptors (Lipinski definition) is 5. The van der Waals surface area contributed by atoms with Crippen molar-refractivity contribution >= 4 is 38.1 Å². The molecule has 2 aromatic rings. The lowest BCUT2D eigenvalue weighted by molar-refractivity contribution is 0.403. The third-order valence-corrected chi connectivity index (χ3v) is 5.38. The molecule has 1 heterocycles. The third kappa shape index (κ3) is 3.05. The van der Waals surface area contributed by atoms with Crippen LogP contribution in [0.1, 0.15) is 10.6 Å². The van der Waals surface area contributed by atoms with E-state index in [9.17, 15) is 8.42 Å². The number of aromatic nitrogens is 1. The Labute approximate surface area is 126 Å². The van der Waals surface area contributed by atoms with Gasteiger partial charge >= 0.3 is 0 Å². The van der Waals surface area contributed by atoms with Crippen molar-refractivity contribution in [3.8, 4) is 5.75 Å². The molecule has 0 bridgehead atoms. The first-order valence-corrected chi connectivity index (χ1v) is 8.31. The maximum atomic E-state index is 12.4. The van der Waals surface area contributed by atoms with Crippen LogP contribution in [0.25, 0.3) is 0 Å². The molecule has 5 nitrogen and oxygen atoms in total. The molecule has 0 amide bonds. The summed E-state index contributed by atoms with van der Waals surface area (Å²) in [4.78, 5) is 5.10. The van der Waals surface area contributed by atoms with E-state index in [0.29, 0.717) is 10.2 Å². The highest BCUT2D eigenvalue weighted by molar-refractivity contribution is 7.93. The fraction of sp³-hybridized carbons (Fsp3) is 0.250. The van der Waals surface area contributed by atoms with Crippen LogP contribution in [-0.2, 0) is 10.0 Å². The van der Waals surface area contributed by atoms with Crippen LogP contribution in [0, 0.1) is 13.8 Å². The van der Waals surface area contributed by atoms with Gasteiger partial charge in [-0.25, -0.2) is 13.4 Å². The molecule has 1 aromatic carbocycles. The van der Waals surface area contributed by atoms with E-state index in [1.165, 1.54) is 30.6 Å². The highest BCUT2D eigenvalue weighted by atomic mass is 35.5. The van der Waals surface area contributed by atoms with E-state index in [-0.39, 0.29) is 10.6 Å². The number of aryl methyl sites for hydroxylation is 2. The van der Waals surface area contributed by atoms with Crippen molar-refractivity contribution in [1.29, 1.82) is 0 Å². The average Bonchev–Trinajstić information content (AvgIpc) is 2.67. The largest absolute Gasteiger partial charge is 0.495 e. The van der Waals surface area contributed by atoms with Crippen LogP contribution >= 0.6 is 22.9 Å². The first kappa shape index (κ1) is 15.1. The first-order valence-electron chi connectivity index (χ1n) is 5.64. The van der Waals surface area contributed by atoms with Gasteiger partial charge in [-0.2, -0.15) is 0 Å². The Bertz CT molecular complexity index is 722. The lowest BCUT2D eigenvalue weighted by Gasteiger charge is -2.10. The van der Waals surface area contributed by atoms with Crippen molar-refractivity contribution in [3.05, 3.63) is 33.8 Å². The molecule has 0 aliphatic carbocycles. The summed E-state index contributed by atoms with van der Waals surface area (Å²) in [6, 6.07) is 4.42. The number of methoxy groups -OCH3 is 1. The molecule has 0 radical (unpaired) electrons. The number of sulfonamides is 1. The zero-order chi connectivity index (χ0) is 14.9. The standard InChI is InChI=1S/C12H13ClN2O3S2/c1-7-8(2)19-12(14-7)15-20(16,17)11-6-9(13)4-5-10(11)18-3/h4-6H,1-3H3,(H,14,15). The van der Waals surface area contributed by atoms with Gasteiger partial charge in [0.05, 0.1) is 12.8 Å². The van der Waals surface area contributed by atoms with Crippen molar-refractivity contribution in [2.24, 2.45) is 0 Å². The smallest absolute Gasteiger partial charge is 0.267 e. The SMILES string of the molecule is COc1ccc(Cl)cc1S(=O)(=O)Nc1nc(C)c(C)s1. The summed E-state index contributed by atoms with van der Waals surface area (Å²) in [5.74, 6) is 0.229. The van der Waals surface area contributed by atoms with Gasteiger partial charge in [0.15, 0.2) is 5.13 Å². The van der Waals surface area contributed by atoms with Crippen molar-refractivity contribution in [2.75, 3.05) is 11.8 Å². The predicted molar refractivity (Wildman–Crippen MR) is 80.4 cm³/mol. The summed E-state index contributed by atoms with van der Waals surface area (Å²) in [6.07, 6.45) is 0. The number of nitrogens with zero attached hydrogens (tertiary/aromatic N) is 1. The van der Waals surface area contributed by atoms with Crippen molar-refractivity contribution in [1.82, 2.24) is 4.98 Å². The molecule has 0 saturated carbocycles. The minimum atomic E-state index is -3.79. The fourth-order valence-corrected chi connectivity index (χ4v) is 4.03. The van der Waals surface area contributed by atoms with Crippen molar-refractivity contribution in [3.63, 3.8) is 0 Å². The van der Waals surface area contributed by atoms with Gasteiger partial charge in [0.1, 0.15) is 10.6 Å². The third-order valence-electron chi connectivity index (χ3n) is 2.67. The molecule has 20 heavy (non-hydrogen) atoms. The van der Waals surface area contributed by atoms with Crippen LogP contribution < -0.4 is 9.46 Å². The number of nitrogens with one attached hydrogen (secondary N) is 1. The monoisotopic (exact) mass is 332 g/mol. The lowest BCUT2D eigenvalue weighted by atomic mass is 10.3. The van der Waals surface area contributed by atoms with Crippen LogP contribution in [0.3, 0.4) is 0 Å². The average molecular weight is 333 g/mol. The van der Waals surface area contributed by atoms with Crippen LogP contribution in [0.2, 0.25) is 5.02 Å². The van der Waals surface area contributed by atoms with Gasteiger partial charge in [-0.05, 0) is 32.0 Å². The number of anilines is 1. The summed E-state index contributed by atoms with van der Waals surface area (Å²) in [5, 5.41) is 0.639. The van der Waals surface area contributed by atoms with Crippen LogP contribution in [0.5, 0.6) is 5.75 Å². The number of hydrogen-bond donors (Lipinski definition) is 1. The molecular weight excluding hydrogens is 320 g/mol. The lowest BCUT2D eigenvalue weighted by Crippen LogP contribution is -2.14. The topological polar surface area (TPSA) is 68.3 Å². The van der Waals surface area contributed by atoms with Gasteiger partial charge in [0.2, 0.25) is 0 Å². The molecule has 2 rings (SSSR count). The predicted octanol–water partition coefficient (Wildman–Crippen LogP) is 3.22. The van der Waals surface area contributed by atoms with E-state index >= 15 is 0 Å². The zero-order valence-electron chi connectivity index (χ0n) is 11.1. The van der Waals surface area contributed by atoms with Gasteiger partial charge in [-0.3, -0.25) is 4.72 Å². The van der Waals surface area contributed by atoms with E-state index in [1.54, 1.807) is 6.07 Å². The van der Waals surface area contributed by atoms with E-state index in [4.69, 9.17) is 16.3 Å². The van der Waals surface area contributed by atoms with Crippen LogP contribution in [0.15, 0.2) is 23.1 Å². The minimum absolute atomic E-state index is 0.0157. The number of ether oxygens (including phenoxy) is 1.